The van der Waals surface area contributed by atoms with E-state index in [0.29, 0.717) is 10.8 Å². The van der Waals surface area contributed by atoms with Crippen molar-refractivity contribution in [3.63, 3.8) is 0 Å². The molecule has 0 bridgehead atoms. The van der Waals surface area contributed by atoms with E-state index in [-0.39, 0.29) is 0 Å². The Kier molecular flexibility index (Phi) is 1.83. The summed E-state index contributed by atoms with van der Waals surface area (Å²) in [6.45, 7) is 7.58. The van der Waals surface area contributed by atoms with Crippen molar-refractivity contribution < 1.29 is 0 Å². The molecule has 1 heterocycles. The van der Waals surface area contributed by atoms with E-state index in [4.69, 9.17) is 5.73 Å². The molecule has 0 aliphatic heterocycles. The fourth-order valence-electron chi connectivity index (χ4n) is 2.27. The lowest BCUT2D eigenvalue weighted by Gasteiger charge is -2.16. The Hall–Kier alpha value is -0.340. The van der Waals surface area contributed by atoms with Gasteiger partial charge in [-0.25, -0.2) is 0 Å². The average molecular weight is 195 g/mol. The van der Waals surface area contributed by atoms with Crippen LogP contribution >= 0.6 is 11.3 Å². The maximum atomic E-state index is 5.89. The molecule has 1 saturated carbocycles. The first-order valence-corrected chi connectivity index (χ1v) is 5.60. The van der Waals surface area contributed by atoms with Gasteiger partial charge in [-0.05, 0) is 30.9 Å². The number of hydrogen-bond donors (Lipinski definition) is 1. The third kappa shape index (κ3) is 1.16. The van der Waals surface area contributed by atoms with Crippen molar-refractivity contribution in [3.05, 3.63) is 21.9 Å². The van der Waals surface area contributed by atoms with E-state index in [1.165, 1.54) is 16.2 Å². The molecule has 1 aromatic heterocycles. The molecule has 2 heteroatoms. The zero-order chi connectivity index (χ0) is 9.69. The van der Waals surface area contributed by atoms with E-state index >= 15 is 0 Å². The summed E-state index contributed by atoms with van der Waals surface area (Å²) < 4.78 is 0. The van der Waals surface area contributed by atoms with Gasteiger partial charge in [0.25, 0.3) is 0 Å². The highest BCUT2D eigenvalue weighted by Crippen LogP contribution is 2.64. The first-order chi connectivity index (χ1) is 6.02. The van der Waals surface area contributed by atoms with Gasteiger partial charge in [0.1, 0.15) is 0 Å². The van der Waals surface area contributed by atoms with Gasteiger partial charge in [-0.3, -0.25) is 0 Å². The van der Waals surface area contributed by atoms with Crippen molar-refractivity contribution >= 4 is 11.3 Å². The summed E-state index contributed by atoms with van der Waals surface area (Å²) in [5, 5.41) is 0. The van der Waals surface area contributed by atoms with Gasteiger partial charge in [0.2, 0.25) is 0 Å². The molecular weight excluding hydrogens is 178 g/mol. The van der Waals surface area contributed by atoms with Crippen LogP contribution in [0.15, 0.2) is 12.1 Å². The molecule has 1 atom stereocenters. The molecule has 2 rings (SSSR count). The zero-order valence-corrected chi connectivity index (χ0v) is 9.37. The molecule has 0 saturated heterocycles. The van der Waals surface area contributed by atoms with Gasteiger partial charge < -0.3 is 5.73 Å². The summed E-state index contributed by atoms with van der Waals surface area (Å²) in [6, 6.07) is 4.45. The second kappa shape index (κ2) is 2.58. The largest absolute Gasteiger partial charge is 0.330 e. The third-order valence-corrected chi connectivity index (χ3v) is 4.68. The minimum Gasteiger partial charge on any atom is -0.330 e. The van der Waals surface area contributed by atoms with Gasteiger partial charge in [0.05, 0.1) is 0 Å². The van der Waals surface area contributed by atoms with Crippen LogP contribution in [0, 0.1) is 12.3 Å². The minimum absolute atomic E-state index is 0.298. The van der Waals surface area contributed by atoms with E-state index in [1.807, 2.05) is 11.3 Å². The molecule has 72 valence electrons. The highest BCUT2D eigenvalue weighted by molar-refractivity contribution is 7.12. The van der Waals surface area contributed by atoms with Crippen LogP contribution in [0.1, 0.15) is 30.0 Å². The smallest absolute Gasteiger partial charge is 0.0226 e. The van der Waals surface area contributed by atoms with E-state index in [1.54, 1.807) is 0 Å². The quantitative estimate of drug-likeness (QED) is 0.771. The summed E-state index contributed by atoms with van der Waals surface area (Å²) in [4.78, 5) is 2.88. The molecule has 0 radical (unpaired) electrons. The molecule has 2 N–H and O–H groups in total. The lowest BCUT2D eigenvalue weighted by atomic mass is 9.94. The first-order valence-electron chi connectivity index (χ1n) is 4.79. The summed E-state index contributed by atoms with van der Waals surface area (Å²) in [6.07, 6.45) is 1.25. The third-order valence-electron chi connectivity index (χ3n) is 3.47. The highest BCUT2D eigenvalue weighted by Gasteiger charge is 2.61. The Bertz CT molecular complexity index is 327. The number of nitrogens with two attached hydrogens (primary N) is 1. The Morgan fingerprint density at radius 1 is 1.46 bits per heavy atom. The fraction of sp³-hybridized carbons (Fsp3) is 0.636. The van der Waals surface area contributed by atoms with E-state index in [2.05, 4.69) is 32.9 Å². The van der Waals surface area contributed by atoms with Gasteiger partial charge >= 0.3 is 0 Å². The van der Waals surface area contributed by atoms with Crippen molar-refractivity contribution in [2.75, 3.05) is 6.54 Å². The second-order valence-electron chi connectivity index (χ2n) is 4.76. The van der Waals surface area contributed by atoms with Gasteiger partial charge in [-0.2, -0.15) is 0 Å². The second-order valence-corrected chi connectivity index (χ2v) is 6.05. The van der Waals surface area contributed by atoms with Crippen molar-refractivity contribution in [3.8, 4) is 0 Å². The number of thiophene rings is 1. The Balaban J connectivity index is 2.35. The molecule has 1 aliphatic carbocycles. The van der Waals surface area contributed by atoms with Gasteiger partial charge in [0, 0.05) is 21.7 Å². The topological polar surface area (TPSA) is 26.0 Å². The molecule has 1 fully saturated rings. The van der Waals surface area contributed by atoms with Gasteiger partial charge in [0.15, 0.2) is 0 Å². The van der Waals surface area contributed by atoms with Crippen LogP contribution in [-0.4, -0.2) is 6.54 Å². The van der Waals surface area contributed by atoms with Crippen LogP contribution in [0.3, 0.4) is 0 Å². The maximum Gasteiger partial charge on any atom is 0.0226 e. The SMILES string of the molecule is Cc1ccc(C2(CN)CC2(C)C)s1. The molecule has 1 nitrogen and oxygen atoms in total. The van der Waals surface area contributed by atoms with E-state index < -0.39 is 0 Å². The molecule has 0 aromatic carbocycles. The fourth-order valence-corrected chi connectivity index (χ4v) is 3.52. The van der Waals surface area contributed by atoms with Crippen molar-refractivity contribution in [1.29, 1.82) is 0 Å². The van der Waals surface area contributed by atoms with E-state index in [9.17, 15) is 0 Å². The number of rotatable bonds is 2. The molecule has 0 amide bonds. The summed E-state index contributed by atoms with van der Waals surface area (Å²) >= 11 is 1.90. The molecule has 0 spiro atoms. The lowest BCUT2D eigenvalue weighted by molar-refractivity contribution is 0.509. The van der Waals surface area contributed by atoms with Crippen LogP contribution in [0.25, 0.3) is 0 Å². The van der Waals surface area contributed by atoms with Gasteiger partial charge in [-0.15, -0.1) is 11.3 Å². The van der Waals surface area contributed by atoms with Gasteiger partial charge in [-0.1, -0.05) is 13.8 Å². The summed E-state index contributed by atoms with van der Waals surface area (Å²) in [5.74, 6) is 0. The molecule has 1 aromatic rings. The van der Waals surface area contributed by atoms with Crippen LogP contribution < -0.4 is 5.73 Å². The Morgan fingerprint density at radius 3 is 2.38 bits per heavy atom. The van der Waals surface area contributed by atoms with Crippen LogP contribution in [-0.2, 0) is 5.41 Å². The maximum absolute atomic E-state index is 5.89. The van der Waals surface area contributed by atoms with Crippen LogP contribution in [0.2, 0.25) is 0 Å². The summed E-state index contributed by atoms with van der Waals surface area (Å²) in [7, 11) is 0. The molecule has 13 heavy (non-hydrogen) atoms. The highest BCUT2D eigenvalue weighted by atomic mass is 32.1. The van der Waals surface area contributed by atoms with Crippen molar-refractivity contribution in [1.82, 2.24) is 0 Å². The standard InChI is InChI=1S/C11H17NS/c1-8-4-5-9(13-8)11(7-12)6-10(11,2)3/h4-5H,6-7,12H2,1-3H3. The predicted molar refractivity (Wildman–Crippen MR) is 58.2 cm³/mol. The average Bonchev–Trinajstić information content (AvgIpc) is 2.43. The number of hydrogen-bond acceptors (Lipinski definition) is 2. The first kappa shape index (κ1) is 9.22. The predicted octanol–water partition coefficient (Wildman–Crippen LogP) is 2.68. The van der Waals surface area contributed by atoms with Crippen LogP contribution in [0.4, 0.5) is 0 Å². The lowest BCUT2D eigenvalue weighted by Crippen LogP contribution is -2.24. The minimum atomic E-state index is 0.298. The van der Waals surface area contributed by atoms with Crippen molar-refractivity contribution in [2.45, 2.75) is 32.6 Å². The summed E-state index contributed by atoms with van der Waals surface area (Å²) in [5.41, 5.74) is 6.61. The Morgan fingerprint density at radius 2 is 2.08 bits per heavy atom. The van der Waals surface area contributed by atoms with Crippen LogP contribution in [0.5, 0.6) is 0 Å². The Labute approximate surface area is 84.0 Å². The van der Waals surface area contributed by atoms with E-state index in [0.717, 1.165) is 6.54 Å². The number of aryl methyl sites for hydroxylation is 1. The monoisotopic (exact) mass is 195 g/mol. The molecule has 1 aliphatic rings. The normalized spacial score (nSPS) is 30.5. The molecule has 1 unspecified atom stereocenters. The van der Waals surface area contributed by atoms with Crippen molar-refractivity contribution in [2.24, 2.45) is 11.1 Å². The zero-order valence-electron chi connectivity index (χ0n) is 8.55. The molecular formula is C11H17NS.